The van der Waals surface area contributed by atoms with Crippen LogP contribution in [0.3, 0.4) is 0 Å². The summed E-state index contributed by atoms with van der Waals surface area (Å²) in [7, 11) is 0. The maximum atomic E-state index is 12.5. The summed E-state index contributed by atoms with van der Waals surface area (Å²) in [6.45, 7) is 6.88. The van der Waals surface area contributed by atoms with Gasteiger partial charge in [-0.05, 0) is 18.1 Å². The third kappa shape index (κ3) is 3.93. The first kappa shape index (κ1) is 18.9. The van der Waals surface area contributed by atoms with E-state index in [0.717, 1.165) is 28.1 Å². The number of hydrogen-bond donors (Lipinski definition) is 0. The lowest BCUT2D eigenvalue weighted by molar-refractivity contribution is -0.127. The molecular formula is C20H22ClN3OS. The number of nitriles is 1. The Labute approximate surface area is 163 Å². The highest BCUT2D eigenvalue weighted by Crippen LogP contribution is 2.35. The van der Waals surface area contributed by atoms with Crippen LogP contribution in [0.25, 0.3) is 16.2 Å². The van der Waals surface area contributed by atoms with Crippen LogP contribution in [0.2, 0.25) is 5.02 Å². The molecular weight excluding hydrogens is 366 g/mol. The minimum Gasteiger partial charge on any atom is -0.337 e. The molecule has 1 aliphatic rings. The molecule has 1 amide bonds. The zero-order valence-electron chi connectivity index (χ0n) is 15.0. The van der Waals surface area contributed by atoms with Crippen LogP contribution in [0.1, 0.15) is 18.7 Å². The predicted molar refractivity (Wildman–Crippen MR) is 108 cm³/mol. The van der Waals surface area contributed by atoms with Gasteiger partial charge < -0.3 is 4.90 Å². The zero-order chi connectivity index (χ0) is 18.7. The topological polar surface area (TPSA) is 47.3 Å². The van der Waals surface area contributed by atoms with Gasteiger partial charge in [0.25, 0.3) is 0 Å². The van der Waals surface area contributed by atoms with Gasteiger partial charge in [-0.2, -0.15) is 5.26 Å². The average Bonchev–Trinajstić information content (AvgIpc) is 2.97. The van der Waals surface area contributed by atoms with E-state index < -0.39 is 0 Å². The van der Waals surface area contributed by atoms with Crippen molar-refractivity contribution in [2.45, 2.75) is 19.9 Å². The van der Waals surface area contributed by atoms with Crippen LogP contribution in [0.15, 0.2) is 30.3 Å². The van der Waals surface area contributed by atoms with E-state index in [4.69, 9.17) is 11.6 Å². The molecule has 0 spiro atoms. The number of benzene rings is 1. The molecule has 3 rings (SSSR count). The van der Waals surface area contributed by atoms with Crippen LogP contribution < -0.4 is 0 Å². The monoisotopic (exact) mass is 387 g/mol. The Bertz CT molecular complexity index is 860. The van der Waals surface area contributed by atoms with E-state index in [1.807, 2.05) is 35.2 Å². The third-order valence-corrected chi connectivity index (χ3v) is 6.38. The van der Waals surface area contributed by atoms with E-state index in [0.29, 0.717) is 18.1 Å². The van der Waals surface area contributed by atoms with Gasteiger partial charge in [-0.3, -0.25) is 9.69 Å². The lowest BCUT2D eigenvalue weighted by atomic mass is 10.0. The van der Waals surface area contributed by atoms with Crippen molar-refractivity contribution in [2.75, 3.05) is 26.2 Å². The van der Waals surface area contributed by atoms with Crippen molar-refractivity contribution in [1.29, 1.82) is 5.26 Å². The number of carbonyl (C=O) groups excluding carboxylic acids is 1. The lowest BCUT2D eigenvalue weighted by Gasteiger charge is -2.37. The van der Waals surface area contributed by atoms with E-state index in [2.05, 4.69) is 24.8 Å². The normalized spacial score (nSPS) is 17.1. The third-order valence-electron chi connectivity index (χ3n) is 4.72. The van der Waals surface area contributed by atoms with Gasteiger partial charge in [-0.25, -0.2) is 0 Å². The number of rotatable bonds is 4. The Morgan fingerprint density at radius 3 is 2.58 bits per heavy atom. The fourth-order valence-corrected chi connectivity index (χ4v) is 4.66. The average molecular weight is 388 g/mol. The number of piperazine rings is 1. The molecule has 0 radical (unpaired) electrons. The molecule has 6 heteroatoms. The highest BCUT2D eigenvalue weighted by molar-refractivity contribution is 7.20. The van der Waals surface area contributed by atoms with Crippen molar-refractivity contribution in [3.63, 3.8) is 0 Å². The minimum atomic E-state index is -0.0832. The summed E-state index contributed by atoms with van der Waals surface area (Å²) in [5.74, 6) is 0.286. The number of fused-ring (bicyclic) bond motifs is 1. The Morgan fingerprint density at radius 1 is 1.27 bits per heavy atom. The lowest BCUT2D eigenvalue weighted by Crippen LogP contribution is -2.52. The van der Waals surface area contributed by atoms with E-state index in [1.54, 1.807) is 17.4 Å². The molecule has 0 saturated carbocycles. The van der Waals surface area contributed by atoms with E-state index in [-0.39, 0.29) is 17.9 Å². The SMILES string of the molecule is CC(C)C(C#N)N1CCN(C(=O)/C=C/c2sc3ccccc3c2Cl)CC1. The van der Waals surface area contributed by atoms with Crippen LogP contribution in [0, 0.1) is 17.2 Å². The van der Waals surface area contributed by atoms with Gasteiger partial charge in [0.1, 0.15) is 6.04 Å². The van der Waals surface area contributed by atoms with E-state index in [9.17, 15) is 10.1 Å². The molecule has 0 aliphatic carbocycles. The summed E-state index contributed by atoms with van der Waals surface area (Å²) in [5.41, 5.74) is 0. The molecule has 1 unspecified atom stereocenters. The summed E-state index contributed by atoms with van der Waals surface area (Å²) in [4.78, 5) is 17.4. The summed E-state index contributed by atoms with van der Waals surface area (Å²) < 4.78 is 1.12. The number of halogens is 1. The van der Waals surface area contributed by atoms with Gasteiger partial charge in [0, 0.05) is 47.2 Å². The Kier molecular flexibility index (Phi) is 5.98. The number of carbonyl (C=O) groups is 1. The first-order chi connectivity index (χ1) is 12.5. The van der Waals surface area contributed by atoms with Gasteiger partial charge in [0.2, 0.25) is 5.91 Å². The second-order valence-electron chi connectivity index (χ2n) is 6.79. The van der Waals surface area contributed by atoms with Gasteiger partial charge in [0.15, 0.2) is 0 Å². The standard InChI is InChI=1S/C20H22ClN3OS/c1-14(2)16(13-22)23-9-11-24(12-10-23)19(25)8-7-18-20(21)15-5-3-4-6-17(15)26-18/h3-8,14,16H,9-12H2,1-2H3/b8-7+. The second-order valence-corrected chi connectivity index (χ2v) is 8.25. The Hall–Kier alpha value is -1.87. The number of thiophene rings is 1. The molecule has 0 bridgehead atoms. The molecule has 26 heavy (non-hydrogen) atoms. The largest absolute Gasteiger partial charge is 0.337 e. The molecule has 1 fully saturated rings. The van der Waals surface area contributed by atoms with Crippen LogP contribution in [0.5, 0.6) is 0 Å². The van der Waals surface area contributed by atoms with Crippen molar-refractivity contribution < 1.29 is 4.79 Å². The fraction of sp³-hybridized carbons (Fsp3) is 0.400. The first-order valence-corrected chi connectivity index (χ1v) is 9.98. The molecule has 4 nitrogen and oxygen atoms in total. The summed E-state index contributed by atoms with van der Waals surface area (Å²) in [6, 6.07) is 10.3. The quantitative estimate of drug-likeness (QED) is 0.736. The van der Waals surface area contributed by atoms with Crippen LogP contribution >= 0.6 is 22.9 Å². The summed E-state index contributed by atoms with van der Waals surface area (Å²) >= 11 is 8.01. The summed E-state index contributed by atoms with van der Waals surface area (Å²) in [5, 5.41) is 11.1. The molecule has 0 N–H and O–H groups in total. The minimum absolute atomic E-state index is 0.00349. The molecule has 136 valence electrons. The molecule has 2 aromatic rings. The van der Waals surface area contributed by atoms with E-state index in [1.165, 1.54) is 0 Å². The zero-order valence-corrected chi connectivity index (χ0v) is 16.6. The maximum Gasteiger partial charge on any atom is 0.246 e. The van der Waals surface area contributed by atoms with Gasteiger partial charge in [0.05, 0.1) is 11.1 Å². The van der Waals surface area contributed by atoms with Crippen molar-refractivity contribution in [1.82, 2.24) is 9.80 Å². The molecule has 1 aromatic carbocycles. The first-order valence-electron chi connectivity index (χ1n) is 8.79. The second kappa shape index (κ2) is 8.22. The smallest absolute Gasteiger partial charge is 0.246 e. The number of hydrogen-bond acceptors (Lipinski definition) is 4. The molecule has 1 saturated heterocycles. The molecule has 2 heterocycles. The Balaban J connectivity index is 1.63. The number of nitrogens with zero attached hydrogens (tertiary/aromatic N) is 3. The van der Waals surface area contributed by atoms with Gasteiger partial charge in [-0.15, -0.1) is 11.3 Å². The number of amides is 1. The van der Waals surface area contributed by atoms with Crippen molar-refractivity contribution in [3.8, 4) is 6.07 Å². The molecule has 1 aliphatic heterocycles. The van der Waals surface area contributed by atoms with Gasteiger partial charge >= 0.3 is 0 Å². The molecule has 1 atom stereocenters. The van der Waals surface area contributed by atoms with E-state index >= 15 is 0 Å². The highest BCUT2D eigenvalue weighted by atomic mass is 35.5. The Morgan fingerprint density at radius 2 is 1.96 bits per heavy atom. The van der Waals surface area contributed by atoms with Crippen LogP contribution in [0.4, 0.5) is 0 Å². The maximum absolute atomic E-state index is 12.5. The molecule has 1 aromatic heterocycles. The van der Waals surface area contributed by atoms with Crippen molar-refractivity contribution in [2.24, 2.45) is 5.92 Å². The fourth-order valence-electron chi connectivity index (χ4n) is 3.27. The predicted octanol–water partition coefficient (Wildman–Crippen LogP) is 4.26. The van der Waals surface area contributed by atoms with Gasteiger partial charge in [-0.1, -0.05) is 43.6 Å². The summed E-state index contributed by atoms with van der Waals surface area (Å²) in [6.07, 6.45) is 3.42. The van der Waals surface area contributed by atoms with Crippen LogP contribution in [-0.2, 0) is 4.79 Å². The van der Waals surface area contributed by atoms with Crippen molar-refractivity contribution in [3.05, 3.63) is 40.2 Å². The van der Waals surface area contributed by atoms with Crippen LogP contribution in [-0.4, -0.2) is 47.9 Å². The highest BCUT2D eigenvalue weighted by Gasteiger charge is 2.27. The van der Waals surface area contributed by atoms with Crippen molar-refractivity contribution >= 4 is 45.0 Å².